The Labute approximate surface area is 116 Å². The van der Waals surface area contributed by atoms with Crippen LogP contribution < -0.4 is 0 Å². The van der Waals surface area contributed by atoms with Crippen LogP contribution in [-0.2, 0) is 5.88 Å². The summed E-state index contributed by atoms with van der Waals surface area (Å²) >= 11 is 15.9. The fourth-order valence-corrected chi connectivity index (χ4v) is 3.23. The molecule has 0 unspecified atom stereocenters. The minimum Gasteiger partial charge on any atom is -0.121 e. The Morgan fingerprint density at radius 1 is 1.12 bits per heavy atom. The Kier molecular flexibility index (Phi) is 5.15. The molecule has 0 fully saturated rings. The summed E-state index contributed by atoms with van der Waals surface area (Å²) in [5, 5.41) is 0.768. The maximum absolute atomic E-state index is 6.36. The van der Waals surface area contributed by atoms with Gasteiger partial charge in [0.15, 0.2) is 0 Å². The Morgan fingerprint density at radius 2 is 1.62 bits per heavy atom. The van der Waals surface area contributed by atoms with Gasteiger partial charge in [-0.25, -0.2) is 0 Å². The second-order valence-electron chi connectivity index (χ2n) is 4.60. The summed E-state index contributed by atoms with van der Waals surface area (Å²) in [5.41, 5.74) is 3.56. The fraction of sp³-hybridized carbons (Fsp3) is 0.538. The smallest absolute Gasteiger partial charge is 0.0597 e. The molecule has 1 aromatic carbocycles. The molecule has 0 aromatic heterocycles. The highest BCUT2D eigenvalue weighted by atomic mass is 79.9. The van der Waals surface area contributed by atoms with E-state index < -0.39 is 0 Å². The zero-order valence-electron chi connectivity index (χ0n) is 10.1. The highest BCUT2D eigenvalue weighted by Gasteiger charge is 2.17. The van der Waals surface area contributed by atoms with Gasteiger partial charge in [-0.05, 0) is 44.5 Å². The molecule has 0 heterocycles. The SMILES string of the molecule is CC(C)c1cc(C(C)C)c(CCl)c(Cl)c1Br. The van der Waals surface area contributed by atoms with E-state index in [1.165, 1.54) is 11.1 Å². The molecule has 0 aliphatic rings. The van der Waals surface area contributed by atoms with Crippen molar-refractivity contribution < 1.29 is 0 Å². The van der Waals surface area contributed by atoms with Gasteiger partial charge in [-0.15, -0.1) is 11.6 Å². The van der Waals surface area contributed by atoms with Crippen LogP contribution in [0.25, 0.3) is 0 Å². The van der Waals surface area contributed by atoms with E-state index in [0.29, 0.717) is 17.7 Å². The van der Waals surface area contributed by atoms with Gasteiger partial charge in [0, 0.05) is 10.4 Å². The van der Waals surface area contributed by atoms with Crippen molar-refractivity contribution in [1.82, 2.24) is 0 Å². The molecule has 1 aromatic rings. The van der Waals surface area contributed by atoms with Crippen molar-refractivity contribution in [2.24, 2.45) is 0 Å². The van der Waals surface area contributed by atoms with E-state index >= 15 is 0 Å². The number of rotatable bonds is 3. The predicted molar refractivity (Wildman–Crippen MR) is 76.9 cm³/mol. The summed E-state index contributed by atoms with van der Waals surface area (Å²) in [6, 6.07) is 2.23. The Balaban J connectivity index is 3.49. The largest absolute Gasteiger partial charge is 0.121 e. The first kappa shape index (κ1) is 14.3. The molecule has 0 aliphatic heterocycles. The van der Waals surface area contributed by atoms with Crippen molar-refractivity contribution in [3.8, 4) is 0 Å². The maximum atomic E-state index is 6.36. The molecule has 3 heteroatoms. The number of alkyl halides is 1. The molecule has 0 atom stereocenters. The maximum Gasteiger partial charge on any atom is 0.0597 e. The molecule has 90 valence electrons. The highest BCUT2D eigenvalue weighted by molar-refractivity contribution is 9.10. The van der Waals surface area contributed by atoms with Gasteiger partial charge < -0.3 is 0 Å². The quantitative estimate of drug-likeness (QED) is 0.590. The van der Waals surface area contributed by atoms with Crippen molar-refractivity contribution in [3.05, 3.63) is 32.3 Å². The van der Waals surface area contributed by atoms with Crippen molar-refractivity contribution in [2.45, 2.75) is 45.4 Å². The first-order valence-corrected chi connectivity index (χ1v) is 7.17. The van der Waals surface area contributed by atoms with Gasteiger partial charge >= 0.3 is 0 Å². The molecule has 0 nitrogen and oxygen atoms in total. The van der Waals surface area contributed by atoms with Crippen LogP contribution in [0.4, 0.5) is 0 Å². The van der Waals surface area contributed by atoms with E-state index in [1.807, 2.05) is 0 Å². The zero-order chi connectivity index (χ0) is 12.5. The van der Waals surface area contributed by atoms with Crippen molar-refractivity contribution in [1.29, 1.82) is 0 Å². The molecule has 1 rings (SSSR count). The molecule has 0 radical (unpaired) electrons. The van der Waals surface area contributed by atoms with Gasteiger partial charge in [-0.2, -0.15) is 0 Å². The van der Waals surface area contributed by atoms with Crippen LogP contribution in [0.2, 0.25) is 5.02 Å². The Morgan fingerprint density at radius 3 is 2.00 bits per heavy atom. The number of hydrogen-bond acceptors (Lipinski definition) is 0. The third-order valence-corrected chi connectivity index (χ3v) is 4.52. The lowest BCUT2D eigenvalue weighted by Crippen LogP contribution is -2.01. The normalized spacial score (nSPS) is 11.6. The van der Waals surface area contributed by atoms with Crippen LogP contribution >= 0.6 is 39.1 Å². The van der Waals surface area contributed by atoms with Gasteiger partial charge in [0.2, 0.25) is 0 Å². The molecule has 0 bridgehead atoms. The molecule has 0 N–H and O–H groups in total. The minimum absolute atomic E-state index is 0.442. The number of hydrogen-bond donors (Lipinski definition) is 0. The lowest BCUT2D eigenvalue weighted by molar-refractivity contribution is 0.821. The van der Waals surface area contributed by atoms with Crippen LogP contribution in [0.1, 0.15) is 56.2 Å². The van der Waals surface area contributed by atoms with E-state index in [1.54, 1.807) is 0 Å². The Hall–Kier alpha value is 0.280. The molecule has 0 amide bonds. The molecule has 0 aliphatic carbocycles. The zero-order valence-corrected chi connectivity index (χ0v) is 13.2. The van der Waals surface area contributed by atoms with Crippen LogP contribution in [0, 0.1) is 0 Å². The summed E-state index contributed by atoms with van der Waals surface area (Å²) in [6.45, 7) is 8.67. The Bertz CT molecular complexity index is 384. The summed E-state index contributed by atoms with van der Waals surface area (Å²) < 4.78 is 0.990. The highest BCUT2D eigenvalue weighted by Crippen LogP contribution is 2.39. The number of halogens is 3. The predicted octanol–water partition coefficient (Wildman–Crippen LogP) is 6.09. The van der Waals surface area contributed by atoms with Crippen LogP contribution in [-0.4, -0.2) is 0 Å². The third kappa shape index (κ3) is 2.75. The van der Waals surface area contributed by atoms with Gasteiger partial charge in [0.1, 0.15) is 0 Å². The van der Waals surface area contributed by atoms with Crippen LogP contribution in [0.15, 0.2) is 10.5 Å². The van der Waals surface area contributed by atoms with Crippen molar-refractivity contribution in [2.75, 3.05) is 0 Å². The topological polar surface area (TPSA) is 0 Å². The summed E-state index contributed by atoms with van der Waals surface area (Å²) in [5.74, 6) is 1.36. The standard InChI is InChI=1S/C13H17BrCl2/c1-7(2)9-5-10(8(3)4)12(14)13(16)11(9)6-15/h5,7-8H,6H2,1-4H3. The van der Waals surface area contributed by atoms with E-state index in [0.717, 1.165) is 15.1 Å². The lowest BCUT2D eigenvalue weighted by atomic mass is 9.92. The molecule has 0 saturated heterocycles. The van der Waals surface area contributed by atoms with E-state index in [2.05, 4.69) is 49.7 Å². The lowest BCUT2D eigenvalue weighted by Gasteiger charge is -2.19. The fourth-order valence-electron chi connectivity index (χ4n) is 1.77. The van der Waals surface area contributed by atoms with E-state index in [-0.39, 0.29) is 0 Å². The van der Waals surface area contributed by atoms with E-state index in [9.17, 15) is 0 Å². The second kappa shape index (κ2) is 5.75. The molecular formula is C13H17BrCl2. The van der Waals surface area contributed by atoms with Gasteiger partial charge in [-0.3, -0.25) is 0 Å². The first-order chi connectivity index (χ1) is 7.40. The van der Waals surface area contributed by atoms with Crippen LogP contribution in [0.3, 0.4) is 0 Å². The van der Waals surface area contributed by atoms with Crippen LogP contribution in [0.5, 0.6) is 0 Å². The van der Waals surface area contributed by atoms with Gasteiger partial charge in [0.05, 0.1) is 5.02 Å². The third-order valence-electron chi connectivity index (χ3n) is 2.75. The summed E-state index contributed by atoms with van der Waals surface area (Å²) in [4.78, 5) is 0. The van der Waals surface area contributed by atoms with E-state index in [4.69, 9.17) is 23.2 Å². The molecular weight excluding hydrogens is 307 g/mol. The van der Waals surface area contributed by atoms with Gasteiger partial charge in [0.25, 0.3) is 0 Å². The summed E-state index contributed by atoms with van der Waals surface area (Å²) in [7, 11) is 0. The number of benzene rings is 1. The van der Waals surface area contributed by atoms with Gasteiger partial charge in [-0.1, -0.05) is 45.4 Å². The summed E-state index contributed by atoms with van der Waals surface area (Å²) in [6.07, 6.45) is 0. The average molecular weight is 324 g/mol. The molecule has 0 saturated carbocycles. The molecule has 0 spiro atoms. The minimum atomic E-state index is 0.442. The average Bonchev–Trinajstić information content (AvgIpc) is 2.20. The second-order valence-corrected chi connectivity index (χ2v) is 6.04. The first-order valence-electron chi connectivity index (χ1n) is 5.46. The molecule has 16 heavy (non-hydrogen) atoms. The van der Waals surface area contributed by atoms with Crippen molar-refractivity contribution >= 4 is 39.1 Å². The monoisotopic (exact) mass is 322 g/mol. The van der Waals surface area contributed by atoms with Crippen molar-refractivity contribution in [3.63, 3.8) is 0 Å².